The minimum absolute atomic E-state index is 0.809. The SMILES string of the molecule is c1ccc(-c2nc3cc(-c4cccc(-c5cc(-c6ccccn6)nc(-c6ccccn6)c5)c4)ccc3c3c2sc2ccccc23)cc1.c1ccc(-c2nc3cc(-c4cccc(-c5cccc(-c6cc(-c7ccccn7)nc(-c7ccccn7)c6)c5)c4)ccc3c3c2sc2ccccc23)cc1.c1ccc(-c2nc3ccc(-c4ccc(-c5cc(-c6ccccn6)nc(-c6ccccn6)c5)cc4)cc3c3c2sc2ccccc23)cc1. The fourth-order valence-corrected chi connectivity index (χ4v) is 23.5. The zero-order chi connectivity index (χ0) is 97.5. The first-order chi connectivity index (χ1) is 72.8. The third kappa shape index (κ3) is 17.5. The molecule has 0 aliphatic heterocycles. The minimum Gasteiger partial charge on any atom is -0.255 e. The number of rotatable bonds is 16. The second kappa shape index (κ2) is 38.8. The average Bonchev–Trinajstić information content (AvgIpc) is 1.60. The van der Waals surface area contributed by atoms with Crippen LogP contribution in [0.1, 0.15) is 0 Å². The van der Waals surface area contributed by atoms with E-state index in [4.69, 9.17) is 29.9 Å². The van der Waals surface area contributed by atoms with Gasteiger partial charge >= 0.3 is 0 Å². The van der Waals surface area contributed by atoms with Gasteiger partial charge in [0.15, 0.2) is 0 Å². The summed E-state index contributed by atoms with van der Waals surface area (Å²) in [5.74, 6) is 0. The lowest BCUT2D eigenvalue weighted by molar-refractivity contribution is 1.22. The van der Waals surface area contributed by atoms with Crippen LogP contribution in [0.2, 0.25) is 0 Å². The van der Waals surface area contributed by atoms with Crippen LogP contribution in [-0.4, -0.2) is 59.8 Å². The van der Waals surface area contributed by atoms with Crippen LogP contribution >= 0.6 is 34.0 Å². The minimum atomic E-state index is 0.809. The molecule has 0 radical (unpaired) electrons. The molecule has 28 rings (SSSR count). The first-order valence-electron chi connectivity index (χ1n) is 48.7. The summed E-state index contributed by atoms with van der Waals surface area (Å²) in [7, 11) is 0. The molecule has 15 heteroatoms. The van der Waals surface area contributed by atoms with Crippen molar-refractivity contribution < 1.29 is 0 Å². The van der Waals surface area contributed by atoms with Crippen molar-refractivity contribution in [3.05, 3.63) is 498 Å². The Morgan fingerprint density at radius 2 is 0.367 bits per heavy atom. The molecular weight excluding hydrogens is 1850 g/mol. The Hall–Kier alpha value is -18.9. The monoisotopic (exact) mass is 1930 g/mol. The summed E-state index contributed by atoms with van der Waals surface area (Å²) >= 11 is 5.47. The van der Waals surface area contributed by atoms with Crippen molar-refractivity contribution in [2.24, 2.45) is 0 Å². The summed E-state index contributed by atoms with van der Waals surface area (Å²) in [6.07, 6.45) is 10.8. The number of hydrogen-bond acceptors (Lipinski definition) is 15. The molecule has 0 aliphatic rings. The number of thiophene rings is 3. The molecule has 0 atom stereocenters. The van der Waals surface area contributed by atoms with Gasteiger partial charge in [0.1, 0.15) is 0 Å². The van der Waals surface area contributed by atoms with Crippen molar-refractivity contribution in [1.29, 1.82) is 0 Å². The molecule has 0 spiro atoms. The fraction of sp³-hybridized carbons (Fsp3) is 0. The zero-order valence-electron chi connectivity index (χ0n) is 78.9. The van der Waals surface area contributed by atoms with Crippen LogP contribution in [-0.2, 0) is 0 Å². The van der Waals surface area contributed by atoms with E-state index in [1.807, 2.05) is 143 Å². The van der Waals surface area contributed by atoms with Gasteiger partial charge in [0.2, 0.25) is 0 Å². The zero-order valence-corrected chi connectivity index (χ0v) is 81.4. The normalized spacial score (nSPS) is 11.4. The van der Waals surface area contributed by atoms with Gasteiger partial charge in [-0.05, 0) is 248 Å². The number of hydrogen-bond donors (Lipinski definition) is 0. The second-order valence-electron chi connectivity index (χ2n) is 36.1. The molecule has 13 aromatic carbocycles. The van der Waals surface area contributed by atoms with Crippen molar-refractivity contribution >= 4 is 127 Å². The maximum atomic E-state index is 5.34. The van der Waals surface area contributed by atoms with E-state index in [2.05, 4.69) is 382 Å². The van der Waals surface area contributed by atoms with Crippen molar-refractivity contribution in [1.82, 2.24) is 59.8 Å². The van der Waals surface area contributed by atoms with Crippen LogP contribution < -0.4 is 0 Å². The first kappa shape index (κ1) is 88.3. The van der Waals surface area contributed by atoms with Gasteiger partial charge in [0.25, 0.3) is 0 Å². The largest absolute Gasteiger partial charge is 0.255 e. The molecule has 0 fully saturated rings. The van der Waals surface area contributed by atoms with Crippen molar-refractivity contribution in [2.45, 2.75) is 0 Å². The van der Waals surface area contributed by atoms with Gasteiger partial charge in [0, 0.05) is 116 Å². The van der Waals surface area contributed by atoms with Gasteiger partial charge in [0.05, 0.1) is 116 Å². The predicted octanol–water partition coefficient (Wildman–Crippen LogP) is 35.0. The highest BCUT2D eigenvalue weighted by molar-refractivity contribution is 7.27. The molecule has 0 bridgehead atoms. The molecule has 15 heterocycles. The molecule has 12 nitrogen and oxygen atoms in total. The Morgan fingerprint density at radius 1 is 0.129 bits per heavy atom. The van der Waals surface area contributed by atoms with Crippen LogP contribution in [0.5, 0.6) is 0 Å². The summed E-state index contributed by atoms with van der Waals surface area (Å²) in [6, 6.07) is 161. The number of fused-ring (bicyclic) bond motifs is 15. The summed E-state index contributed by atoms with van der Waals surface area (Å²) < 4.78 is 7.51. The molecule has 688 valence electrons. The molecule has 0 N–H and O–H groups in total. The van der Waals surface area contributed by atoms with Crippen molar-refractivity contribution in [2.75, 3.05) is 0 Å². The molecule has 0 amide bonds. The lowest BCUT2D eigenvalue weighted by Gasteiger charge is -2.12. The van der Waals surface area contributed by atoms with Gasteiger partial charge in [-0.1, -0.05) is 291 Å². The summed E-state index contributed by atoms with van der Waals surface area (Å²) in [5, 5.41) is 11.2. The molecule has 0 saturated carbocycles. The van der Waals surface area contributed by atoms with Crippen LogP contribution in [0.4, 0.5) is 0 Å². The third-order valence-electron chi connectivity index (χ3n) is 26.9. The van der Waals surface area contributed by atoms with E-state index in [0.29, 0.717) is 0 Å². The van der Waals surface area contributed by atoms with Gasteiger partial charge in [-0.25, -0.2) is 29.9 Å². The highest BCUT2D eigenvalue weighted by Crippen LogP contribution is 2.49. The van der Waals surface area contributed by atoms with E-state index in [1.54, 1.807) is 37.2 Å². The van der Waals surface area contributed by atoms with E-state index in [1.165, 1.54) is 76.7 Å². The molecule has 0 aliphatic carbocycles. The smallest absolute Gasteiger partial charge is 0.0900 e. The average molecular weight is 1930 g/mol. The highest BCUT2D eigenvalue weighted by Gasteiger charge is 2.24. The first-order valence-corrected chi connectivity index (χ1v) is 51.2. The number of benzene rings is 13. The van der Waals surface area contributed by atoms with Crippen LogP contribution in [0.15, 0.2) is 498 Å². The molecule has 28 aromatic rings. The van der Waals surface area contributed by atoms with Gasteiger partial charge in [-0.15, -0.1) is 34.0 Å². The molecular formula is C132H82N12S3. The Morgan fingerprint density at radius 3 is 0.680 bits per heavy atom. The maximum absolute atomic E-state index is 5.34. The number of aromatic nitrogens is 12. The molecule has 0 saturated heterocycles. The van der Waals surface area contributed by atoms with Crippen LogP contribution in [0.3, 0.4) is 0 Å². The predicted molar refractivity (Wildman–Crippen MR) is 611 cm³/mol. The van der Waals surface area contributed by atoms with E-state index in [9.17, 15) is 0 Å². The van der Waals surface area contributed by atoms with Gasteiger partial charge in [-0.3, -0.25) is 29.9 Å². The lowest BCUT2D eigenvalue weighted by Crippen LogP contribution is -1.94. The Kier molecular flexibility index (Phi) is 23.3. The van der Waals surface area contributed by atoms with Crippen LogP contribution in [0, 0.1) is 0 Å². The van der Waals surface area contributed by atoms with Crippen molar-refractivity contribution in [3.8, 4) is 180 Å². The van der Waals surface area contributed by atoms with E-state index >= 15 is 0 Å². The molecule has 0 unspecified atom stereocenters. The summed E-state index contributed by atoms with van der Waals surface area (Å²) in [4.78, 5) is 58.2. The number of pyridine rings is 12. The Bertz CT molecular complexity index is 9660. The third-order valence-corrected chi connectivity index (χ3v) is 30.4. The molecule has 15 aromatic heterocycles. The standard InChI is InChI=1S/C48H30N4S.2C42H26N4S/c1-2-12-31(13-3-1)47-48-46(39-18-4-5-21-45(39)53-48)38-23-22-36(28-42(38)52-47)34-16-10-14-32(26-34)33-15-11-17-35(27-33)37-29-43(40-19-6-8-24-49-40)51-44(30-37)41-20-7-9-25-50-41;1-2-11-27(12-3-1)41-42-40(33-15-4-5-18-39(33)47-42)32-20-19-30(24-36(32)46-41)28-13-10-14-29(23-28)31-25-37(34-16-6-8-21-43-34)45-38(26-31)35-17-7-9-22-44-35;1-2-10-29(11-3-1)41-42-40(32-12-4-5-15-39(32)47-42)33-24-30(20-21-34(33)46-41)27-16-18-28(19-17-27)31-25-37(35-13-6-8-22-43-35)45-38(26-31)36-14-7-9-23-44-36/h1-30H;2*1-26H. The van der Waals surface area contributed by atoms with Gasteiger partial charge in [-0.2, -0.15) is 0 Å². The summed E-state index contributed by atoms with van der Waals surface area (Å²) in [5.41, 5.74) is 34.9. The quantitative estimate of drug-likeness (QED) is 0.0904. The summed E-state index contributed by atoms with van der Waals surface area (Å²) in [6.45, 7) is 0. The second-order valence-corrected chi connectivity index (χ2v) is 39.2. The fourth-order valence-electron chi connectivity index (χ4n) is 19.8. The topological polar surface area (TPSA) is 155 Å². The molecule has 147 heavy (non-hydrogen) atoms. The van der Waals surface area contributed by atoms with Crippen molar-refractivity contribution in [3.63, 3.8) is 0 Å². The maximum Gasteiger partial charge on any atom is 0.0900 e. The van der Waals surface area contributed by atoms with E-state index in [-0.39, 0.29) is 0 Å². The highest BCUT2D eigenvalue weighted by atomic mass is 32.1. The Balaban J connectivity index is 0.000000112. The number of nitrogens with zero attached hydrogens (tertiary/aromatic N) is 12. The lowest BCUT2D eigenvalue weighted by atomic mass is 9.95. The Labute approximate surface area is 858 Å². The van der Waals surface area contributed by atoms with E-state index < -0.39 is 0 Å². The van der Waals surface area contributed by atoms with E-state index in [0.717, 1.165) is 197 Å². The van der Waals surface area contributed by atoms with Gasteiger partial charge < -0.3 is 0 Å². The van der Waals surface area contributed by atoms with Crippen LogP contribution in [0.25, 0.3) is 273 Å².